The van der Waals surface area contributed by atoms with Gasteiger partial charge in [-0.3, -0.25) is 20.1 Å². The van der Waals surface area contributed by atoms with E-state index < -0.39 is 11.5 Å². The summed E-state index contributed by atoms with van der Waals surface area (Å²) in [7, 11) is 1.55. The maximum absolute atomic E-state index is 13.3. The lowest BCUT2D eigenvalue weighted by Crippen LogP contribution is -2.62. The van der Waals surface area contributed by atoms with Gasteiger partial charge in [0.15, 0.2) is 5.96 Å². The molecule has 0 bridgehead atoms. The minimum Gasteiger partial charge on any atom is -0.345 e. The summed E-state index contributed by atoms with van der Waals surface area (Å²) in [5, 5.41) is 31.9. The number of likely N-dealkylation sites (N-methyl/N-ethyl adjacent to an activating group) is 1. The number of amides is 1. The zero-order valence-corrected chi connectivity index (χ0v) is 17.7. The topological polar surface area (TPSA) is 117 Å². The molecule has 0 spiro atoms. The number of guanidine groups is 1. The van der Waals surface area contributed by atoms with E-state index in [1.54, 1.807) is 25.4 Å². The van der Waals surface area contributed by atoms with E-state index in [4.69, 9.17) is 5.41 Å². The van der Waals surface area contributed by atoms with Gasteiger partial charge in [0.2, 0.25) is 5.91 Å². The van der Waals surface area contributed by atoms with Crippen LogP contribution in [0, 0.1) is 28.1 Å². The first-order valence-electron chi connectivity index (χ1n) is 9.46. The van der Waals surface area contributed by atoms with E-state index in [9.17, 15) is 15.3 Å². The van der Waals surface area contributed by atoms with E-state index in [2.05, 4.69) is 22.4 Å². The number of pyridine rings is 1. The van der Waals surface area contributed by atoms with Gasteiger partial charge in [0.05, 0.1) is 28.7 Å². The second-order valence-electron chi connectivity index (χ2n) is 7.52. The molecule has 1 fully saturated rings. The first-order valence-corrected chi connectivity index (χ1v) is 10.3. The van der Waals surface area contributed by atoms with Gasteiger partial charge in [0.25, 0.3) is 0 Å². The van der Waals surface area contributed by atoms with E-state index in [1.165, 1.54) is 22.4 Å². The van der Waals surface area contributed by atoms with Gasteiger partial charge >= 0.3 is 0 Å². The Morgan fingerprint density at radius 2 is 1.94 bits per heavy atom. The van der Waals surface area contributed by atoms with Crippen LogP contribution in [0.1, 0.15) is 34.4 Å². The number of hydrogen-bond donors (Lipinski definition) is 2. The highest BCUT2D eigenvalue weighted by Crippen LogP contribution is 2.44. The van der Waals surface area contributed by atoms with Crippen molar-refractivity contribution >= 4 is 23.2 Å². The van der Waals surface area contributed by atoms with Crippen LogP contribution in [0.5, 0.6) is 0 Å². The van der Waals surface area contributed by atoms with Crippen molar-refractivity contribution in [2.45, 2.75) is 18.4 Å². The van der Waals surface area contributed by atoms with Crippen molar-refractivity contribution in [2.75, 3.05) is 7.05 Å². The highest BCUT2D eigenvalue weighted by molar-refractivity contribution is 7.10. The number of carbonyl (C=O) groups excluding carboxylic acids is 1. The highest BCUT2D eigenvalue weighted by atomic mass is 32.1. The molecule has 0 unspecified atom stereocenters. The third-order valence-corrected chi connectivity index (χ3v) is 6.69. The number of nitrogens with one attached hydrogen (secondary N) is 2. The molecule has 3 heterocycles. The van der Waals surface area contributed by atoms with Gasteiger partial charge in [0, 0.05) is 24.3 Å². The SMILES string of the molecule is CN1C(=N)N[C@](C)(c2cc(-c3cccc(C#N)c3)cs2)[C@@H](c2cncc(C#N)c2)C1=O. The van der Waals surface area contributed by atoms with Gasteiger partial charge in [-0.25, -0.2) is 0 Å². The number of carbonyl (C=O) groups is 1. The Morgan fingerprint density at radius 3 is 2.68 bits per heavy atom. The quantitative estimate of drug-likeness (QED) is 0.664. The summed E-state index contributed by atoms with van der Waals surface area (Å²) in [6.07, 6.45) is 3.05. The fraction of sp³-hybridized carbons (Fsp3) is 0.174. The van der Waals surface area contributed by atoms with Crippen LogP contribution in [0.4, 0.5) is 0 Å². The highest BCUT2D eigenvalue weighted by Gasteiger charge is 2.49. The minimum atomic E-state index is -0.911. The molecule has 0 radical (unpaired) electrons. The standard InChI is InChI=1S/C23H18N6OS/c1-23(19-8-18(13-31-19)16-5-3-4-14(6-16)9-24)20(21(30)29(2)22(26)28-23)17-7-15(10-25)11-27-12-17/h3-8,11-13,20H,1-2H3,(H2,26,28)/t20-,23+/m0/s1. The van der Waals surface area contributed by atoms with Crippen LogP contribution in [0.25, 0.3) is 11.1 Å². The lowest BCUT2D eigenvalue weighted by molar-refractivity contribution is -0.131. The van der Waals surface area contributed by atoms with Crippen LogP contribution < -0.4 is 5.32 Å². The van der Waals surface area contributed by atoms with E-state index in [0.29, 0.717) is 16.7 Å². The van der Waals surface area contributed by atoms with Gasteiger partial charge in [0.1, 0.15) is 6.07 Å². The second kappa shape index (κ2) is 7.67. The normalized spacial score (nSPS) is 20.6. The number of nitriles is 2. The zero-order chi connectivity index (χ0) is 22.2. The number of rotatable bonds is 3. The van der Waals surface area contributed by atoms with Crippen molar-refractivity contribution in [2.24, 2.45) is 0 Å². The Balaban J connectivity index is 1.83. The molecule has 4 rings (SSSR count). The van der Waals surface area contributed by atoms with Gasteiger partial charge < -0.3 is 5.32 Å². The molecule has 152 valence electrons. The lowest BCUT2D eigenvalue weighted by atomic mass is 9.77. The van der Waals surface area contributed by atoms with Crippen molar-refractivity contribution in [3.8, 4) is 23.3 Å². The molecule has 0 aliphatic carbocycles. The van der Waals surface area contributed by atoms with Crippen molar-refractivity contribution in [3.63, 3.8) is 0 Å². The minimum absolute atomic E-state index is 0.00887. The molecule has 1 aromatic carbocycles. The van der Waals surface area contributed by atoms with Crippen LogP contribution in [-0.2, 0) is 10.3 Å². The Morgan fingerprint density at radius 1 is 1.16 bits per heavy atom. The van der Waals surface area contributed by atoms with Gasteiger partial charge in [-0.1, -0.05) is 12.1 Å². The molecule has 1 saturated heterocycles. The van der Waals surface area contributed by atoms with Gasteiger partial charge in [-0.15, -0.1) is 11.3 Å². The average Bonchev–Trinajstić information content (AvgIpc) is 3.29. The van der Waals surface area contributed by atoms with Crippen molar-refractivity contribution in [3.05, 3.63) is 75.7 Å². The monoisotopic (exact) mass is 426 g/mol. The summed E-state index contributed by atoms with van der Waals surface area (Å²) in [6, 6.07) is 15.2. The van der Waals surface area contributed by atoms with E-state index in [0.717, 1.165) is 16.0 Å². The molecular weight excluding hydrogens is 408 g/mol. The molecule has 3 aromatic rings. The number of aromatic nitrogens is 1. The molecule has 1 aliphatic heterocycles. The largest absolute Gasteiger partial charge is 0.345 e. The summed E-state index contributed by atoms with van der Waals surface area (Å²) in [5.74, 6) is -0.913. The van der Waals surface area contributed by atoms with E-state index in [1.807, 2.05) is 36.6 Å². The molecule has 2 N–H and O–H groups in total. The summed E-state index contributed by atoms with van der Waals surface area (Å²) in [5.41, 5.74) is 2.48. The number of benzene rings is 1. The average molecular weight is 427 g/mol. The molecule has 31 heavy (non-hydrogen) atoms. The van der Waals surface area contributed by atoms with E-state index in [-0.39, 0.29) is 11.9 Å². The maximum Gasteiger partial charge on any atom is 0.239 e. The predicted molar refractivity (Wildman–Crippen MR) is 117 cm³/mol. The summed E-state index contributed by atoms with van der Waals surface area (Å²) < 4.78 is 0. The first-order chi connectivity index (χ1) is 14.9. The van der Waals surface area contributed by atoms with E-state index >= 15 is 0 Å². The second-order valence-corrected chi connectivity index (χ2v) is 8.43. The predicted octanol–water partition coefficient (Wildman–Crippen LogP) is 3.55. The summed E-state index contributed by atoms with van der Waals surface area (Å²) in [6.45, 7) is 1.89. The fourth-order valence-corrected chi connectivity index (χ4v) is 4.90. The van der Waals surface area contributed by atoms with Crippen LogP contribution in [0.3, 0.4) is 0 Å². The number of nitrogens with zero attached hydrogens (tertiary/aromatic N) is 4. The first kappa shape index (κ1) is 20.3. The Labute approximate surface area is 183 Å². The third kappa shape index (κ3) is 3.43. The van der Waals surface area contributed by atoms with Crippen LogP contribution >= 0.6 is 11.3 Å². The Bertz CT molecular complexity index is 1280. The van der Waals surface area contributed by atoms with Gasteiger partial charge in [-0.2, -0.15) is 10.5 Å². The van der Waals surface area contributed by atoms with Crippen molar-refractivity contribution in [1.82, 2.24) is 15.2 Å². The van der Waals surface area contributed by atoms with Gasteiger partial charge in [-0.05, 0) is 53.3 Å². The molecule has 1 aliphatic rings. The van der Waals surface area contributed by atoms with Crippen LogP contribution in [0.15, 0.2) is 54.2 Å². The Kier molecular flexibility index (Phi) is 5.02. The van der Waals surface area contributed by atoms with Crippen molar-refractivity contribution in [1.29, 1.82) is 15.9 Å². The van der Waals surface area contributed by atoms with Crippen molar-refractivity contribution < 1.29 is 4.79 Å². The molecule has 2 aromatic heterocycles. The molecule has 7 nitrogen and oxygen atoms in total. The maximum atomic E-state index is 13.3. The summed E-state index contributed by atoms with van der Waals surface area (Å²) in [4.78, 5) is 19.6. The fourth-order valence-electron chi connectivity index (χ4n) is 3.84. The lowest BCUT2D eigenvalue weighted by Gasteiger charge is -2.45. The third-order valence-electron chi connectivity index (χ3n) is 5.53. The molecule has 2 atom stereocenters. The van der Waals surface area contributed by atoms with Crippen LogP contribution in [0.2, 0.25) is 0 Å². The number of thiophene rings is 1. The molecular formula is C23H18N6OS. The number of hydrogen-bond acceptors (Lipinski definition) is 6. The van der Waals surface area contributed by atoms with Crippen LogP contribution in [-0.4, -0.2) is 28.8 Å². The zero-order valence-electron chi connectivity index (χ0n) is 16.9. The molecule has 8 heteroatoms. The summed E-state index contributed by atoms with van der Waals surface area (Å²) >= 11 is 1.48. The smallest absolute Gasteiger partial charge is 0.239 e. The molecule has 1 amide bonds. The Hall–Kier alpha value is -4.01. The molecule has 0 saturated carbocycles.